The summed E-state index contributed by atoms with van der Waals surface area (Å²) in [6, 6.07) is 0. The van der Waals surface area contributed by atoms with Crippen molar-refractivity contribution >= 4 is 25.6 Å². The Labute approximate surface area is 130 Å². The Balaban J connectivity index is 3.29. The molecule has 1 rings (SSSR count). The summed E-state index contributed by atoms with van der Waals surface area (Å²) in [5.41, 5.74) is -0.256. The van der Waals surface area contributed by atoms with Gasteiger partial charge in [-0.3, -0.25) is 9.89 Å². The molecular weight excluding hydrogens is 314 g/mol. The highest BCUT2D eigenvalue weighted by Gasteiger charge is 2.32. The lowest BCUT2D eigenvalue weighted by Crippen LogP contribution is -2.45. The molecule has 0 spiro atoms. The molecule has 0 bridgehead atoms. The molecule has 21 heavy (non-hydrogen) atoms. The fraction of sp³-hybridized carbons (Fsp3) is 0.692. The van der Waals surface area contributed by atoms with Gasteiger partial charge >= 0.3 is 0 Å². The van der Waals surface area contributed by atoms with E-state index in [9.17, 15) is 13.2 Å². The number of rotatable bonds is 6. The third kappa shape index (κ3) is 3.97. The predicted molar refractivity (Wildman–Crippen MR) is 82.2 cm³/mol. The maximum absolute atomic E-state index is 12.4. The molecule has 0 saturated heterocycles. The monoisotopic (exact) mass is 335 g/mol. The number of hydrogen-bond donors (Lipinski definition) is 2. The quantitative estimate of drug-likeness (QED) is 0.782. The van der Waals surface area contributed by atoms with Crippen molar-refractivity contribution in [2.75, 3.05) is 0 Å². The Morgan fingerprint density at radius 1 is 1.38 bits per heavy atom. The van der Waals surface area contributed by atoms with E-state index in [4.69, 9.17) is 10.7 Å². The number of carbonyl (C=O) groups is 1. The average Bonchev–Trinajstić information content (AvgIpc) is 2.83. The summed E-state index contributed by atoms with van der Waals surface area (Å²) in [5, 5.41) is 9.29. The maximum Gasteiger partial charge on any atom is 0.273 e. The van der Waals surface area contributed by atoms with Crippen LogP contribution in [-0.4, -0.2) is 30.1 Å². The number of H-pyrrole nitrogens is 1. The van der Waals surface area contributed by atoms with E-state index in [0.29, 0.717) is 5.69 Å². The van der Waals surface area contributed by atoms with Crippen molar-refractivity contribution < 1.29 is 13.2 Å². The van der Waals surface area contributed by atoms with Crippen LogP contribution in [0.15, 0.2) is 4.90 Å². The number of amides is 1. The zero-order chi connectivity index (χ0) is 16.4. The third-order valence-corrected chi connectivity index (χ3v) is 5.12. The summed E-state index contributed by atoms with van der Waals surface area (Å²) >= 11 is 0. The van der Waals surface area contributed by atoms with E-state index >= 15 is 0 Å². The standard InChI is InChI=1S/C13H22ClN3O3S/c1-6-13(5,7-2)15-12(18)10-11(21(14,19)20)9(8(3)4)16-17-10/h8H,6-7H2,1-5H3,(H,15,18)(H,16,17). The summed E-state index contributed by atoms with van der Waals surface area (Å²) in [7, 11) is 1.41. The zero-order valence-corrected chi connectivity index (χ0v) is 14.5. The van der Waals surface area contributed by atoms with Gasteiger partial charge in [-0.15, -0.1) is 0 Å². The Kier molecular flexibility index (Phi) is 5.44. The Morgan fingerprint density at radius 3 is 2.29 bits per heavy atom. The molecule has 1 aromatic heterocycles. The fourth-order valence-electron chi connectivity index (χ4n) is 1.90. The van der Waals surface area contributed by atoms with Crippen LogP contribution in [0.3, 0.4) is 0 Å². The topological polar surface area (TPSA) is 91.9 Å². The first-order valence-electron chi connectivity index (χ1n) is 6.91. The largest absolute Gasteiger partial charge is 0.345 e. The number of nitrogens with one attached hydrogen (secondary N) is 2. The highest BCUT2D eigenvalue weighted by atomic mass is 35.7. The molecule has 1 aromatic rings. The number of hydrogen-bond acceptors (Lipinski definition) is 4. The Morgan fingerprint density at radius 2 is 1.90 bits per heavy atom. The van der Waals surface area contributed by atoms with Gasteiger partial charge in [0.2, 0.25) is 0 Å². The van der Waals surface area contributed by atoms with E-state index in [0.717, 1.165) is 12.8 Å². The van der Waals surface area contributed by atoms with Crippen LogP contribution < -0.4 is 5.32 Å². The second-order valence-electron chi connectivity index (χ2n) is 5.63. The van der Waals surface area contributed by atoms with Crippen LogP contribution in [0.1, 0.15) is 69.6 Å². The third-order valence-electron chi connectivity index (χ3n) is 3.76. The molecule has 0 saturated carbocycles. The molecule has 0 fully saturated rings. The maximum atomic E-state index is 12.4. The lowest BCUT2D eigenvalue weighted by molar-refractivity contribution is 0.0892. The van der Waals surface area contributed by atoms with Crippen LogP contribution in [0.4, 0.5) is 0 Å². The van der Waals surface area contributed by atoms with Crippen molar-refractivity contribution in [1.82, 2.24) is 15.5 Å². The van der Waals surface area contributed by atoms with E-state index < -0.39 is 20.5 Å². The van der Waals surface area contributed by atoms with E-state index in [1.54, 1.807) is 13.8 Å². The minimum absolute atomic E-state index is 0.147. The van der Waals surface area contributed by atoms with E-state index in [1.807, 2.05) is 20.8 Å². The molecule has 6 nitrogen and oxygen atoms in total. The summed E-state index contributed by atoms with van der Waals surface area (Å²) in [4.78, 5) is 12.1. The van der Waals surface area contributed by atoms with Crippen molar-refractivity contribution in [1.29, 1.82) is 0 Å². The van der Waals surface area contributed by atoms with Gasteiger partial charge in [0.25, 0.3) is 15.0 Å². The van der Waals surface area contributed by atoms with Crippen LogP contribution in [0.5, 0.6) is 0 Å². The van der Waals surface area contributed by atoms with Gasteiger partial charge in [-0.25, -0.2) is 8.42 Å². The number of aromatic amines is 1. The van der Waals surface area contributed by atoms with Gasteiger partial charge in [0.15, 0.2) is 5.69 Å². The molecule has 8 heteroatoms. The van der Waals surface area contributed by atoms with E-state index in [1.165, 1.54) is 0 Å². The van der Waals surface area contributed by atoms with Crippen LogP contribution in [-0.2, 0) is 9.05 Å². The number of carbonyl (C=O) groups excluding carboxylic acids is 1. The molecule has 0 aromatic carbocycles. The first-order valence-corrected chi connectivity index (χ1v) is 9.22. The lowest BCUT2D eigenvalue weighted by atomic mass is 9.95. The highest BCUT2D eigenvalue weighted by molar-refractivity contribution is 8.13. The molecule has 1 heterocycles. The Bertz CT molecular complexity index is 619. The molecule has 2 N–H and O–H groups in total. The SMILES string of the molecule is CCC(C)(CC)NC(=O)c1n[nH]c(C(C)C)c1S(=O)(=O)Cl. The lowest BCUT2D eigenvalue weighted by Gasteiger charge is -2.27. The van der Waals surface area contributed by atoms with Crippen molar-refractivity contribution in [3.63, 3.8) is 0 Å². The second kappa shape index (κ2) is 6.36. The van der Waals surface area contributed by atoms with Gasteiger partial charge in [0.05, 0.1) is 5.69 Å². The zero-order valence-electron chi connectivity index (χ0n) is 12.9. The summed E-state index contributed by atoms with van der Waals surface area (Å²) in [5.74, 6) is -0.685. The van der Waals surface area contributed by atoms with Gasteiger partial charge in [-0.2, -0.15) is 5.10 Å². The normalized spacial score (nSPS) is 12.7. The predicted octanol–water partition coefficient (Wildman–Crippen LogP) is 2.77. The van der Waals surface area contributed by atoms with Gasteiger partial charge in [-0.1, -0.05) is 27.7 Å². The second-order valence-corrected chi connectivity index (χ2v) is 8.13. The minimum Gasteiger partial charge on any atom is -0.345 e. The van der Waals surface area contributed by atoms with Gasteiger partial charge < -0.3 is 5.32 Å². The molecule has 120 valence electrons. The number of halogens is 1. The molecule has 0 radical (unpaired) electrons. The van der Waals surface area contributed by atoms with Gasteiger partial charge in [-0.05, 0) is 25.7 Å². The van der Waals surface area contributed by atoms with Crippen LogP contribution >= 0.6 is 10.7 Å². The summed E-state index contributed by atoms with van der Waals surface area (Å²) in [6.07, 6.45) is 1.44. The van der Waals surface area contributed by atoms with E-state index in [-0.39, 0.29) is 16.5 Å². The molecular formula is C13H22ClN3O3S. The van der Waals surface area contributed by atoms with Crippen LogP contribution in [0, 0.1) is 0 Å². The van der Waals surface area contributed by atoms with Crippen molar-refractivity contribution in [2.45, 2.75) is 63.8 Å². The van der Waals surface area contributed by atoms with Crippen LogP contribution in [0.2, 0.25) is 0 Å². The number of aromatic nitrogens is 2. The van der Waals surface area contributed by atoms with Crippen LogP contribution in [0.25, 0.3) is 0 Å². The summed E-state index contributed by atoms with van der Waals surface area (Å²) < 4.78 is 23.5. The average molecular weight is 336 g/mol. The van der Waals surface area contributed by atoms with Gasteiger partial charge in [0, 0.05) is 16.2 Å². The van der Waals surface area contributed by atoms with E-state index in [2.05, 4.69) is 15.5 Å². The molecule has 0 aliphatic heterocycles. The van der Waals surface area contributed by atoms with Crippen molar-refractivity contribution in [3.8, 4) is 0 Å². The van der Waals surface area contributed by atoms with Crippen molar-refractivity contribution in [2.24, 2.45) is 0 Å². The van der Waals surface area contributed by atoms with Gasteiger partial charge in [0.1, 0.15) is 4.90 Å². The first-order chi connectivity index (χ1) is 9.55. The smallest absolute Gasteiger partial charge is 0.273 e. The fourth-order valence-corrected chi connectivity index (χ4v) is 3.28. The number of nitrogens with zero attached hydrogens (tertiary/aromatic N) is 1. The highest BCUT2D eigenvalue weighted by Crippen LogP contribution is 2.28. The summed E-state index contributed by atoms with van der Waals surface area (Å²) in [6.45, 7) is 9.39. The minimum atomic E-state index is -4.06. The first kappa shape index (κ1) is 18.0. The molecule has 0 aliphatic carbocycles. The molecule has 0 unspecified atom stereocenters. The molecule has 0 atom stereocenters. The Hall–Kier alpha value is -1.08. The van der Waals surface area contributed by atoms with Crippen molar-refractivity contribution in [3.05, 3.63) is 11.4 Å². The molecule has 0 aliphatic rings. The molecule has 1 amide bonds.